The number of nitrogens with zero attached hydrogens (tertiary/aromatic N) is 4. The highest BCUT2D eigenvalue weighted by molar-refractivity contribution is 8.15. The lowest BCUT2D eigenvalue weighted by atomic mass is 10.0. The predicted octanol–water partition coefficient (Wildman–Crippen LogP) is 3.55. The number of amides is 1. The van der Waals surface area contributed by atoms with Crippen molar-refractivity contribution in [2.24, 2.45) is 4.40 Å². The number of hydrogen-bond donors (Lipinski definition) is 0. The molecule has 1 atom stereocenters. The average Bonchev–Trinajstić information content (AvgIpc) is 3.15. The average molecular weight is 465 g/mol. The van der Waals surface area contributed by atoms with Crippen molar-refractivity contribution in [3.8, 4) is 0 Å². The highest BCUT2D eigenvalue weighted by Gasteiger charge is 2.34. The molecule has 9 heteroatoms. The van der Waals surface area contributed by atoms with Crippen molar-refractivity contribution in [3.05, 3.63) is 89.7 Å². The summed E-state index contributed by atoms with van der Waals surface area (Å²) in [5.41, 5.74) is 3.15. The molecule has 0 aliphatic carbocycles. The van der Waals surface area contributed by atoms with Crippen LogP contribution in [0.1, 0.15) is 27.7 Å². The van der Waals surface area contributed by atoms with Crippen LogP contribution in [-0.2, 0) is 10.0 Å². The number of amidine groups is 1. The summed E-state index contributed by atoms with van der Waals surface area (Å²) in [5, 5.41) is 0.444. The van der Waals surface area contributed by atoms with E-state index in [1.165, 1.54) is 11.8 Å². The van der Waals surface area contributed by atoms with Gasteiger partial charge in [0.1, 0.15) is 0 Å². The van der Waals surface area contributed by atoms with E-state index in [-0.39, 0.29) is 17.7 Å². The summed E-state index contributed by atoms with van der Waals surface area (Å²) in [5.74, 6) is -0.157. The number of sulfonamides is 1. The molecule has 3 aromatic rings. The van der Waals surface area contributed by atoms with Crippen LogP contribution in [0.5, 0.6) is 0 Å². The van der Waals surface area contributed by atoms with Crippen LogP contribution >= 0.6 is 11.8 Å². The Balaban J connectivity index is 1.48. The zero-order valence-corrected chi connectivity index (χ0v) is 18.9. The predicted molar refractivity (Wildman–Crippen MR) is 125 cm³/mol. The highest BCUT2D eigenvalue weighted by atomic mass is 32.2. The number of fused-ring (bicyclic) bond motifs is 3. The van der Waals surface area contributed by atoms with Crippen LogP contribution in [0.3, 0.4) is 0 Å². The van der Waals surface area contributed by atoms with E-state index in [0.717, 1.165) is 21.8 Å². The van der Waals surface area contributed by atoms with Crippen molar-refractivity contribution < 1.29 is 13.2 Å². The van der Waals surface area contributed by atoms with Crippen molar-refractivity contribution in [1.82, 2.24) is 9.88 Å². The van der Waals surface area contributed by atoms with Crippen LogP contribution in [-0.4, -0.2) is 48.7 Å². The lowest BCUT2D eigenvalue weighted by molar-refractivity contribution is 0.0752. The molecule has 1 aromatic heterocycles. The summed E-state index contributed by atoms with van der Waals surface area (Å²) in [7, 11) is -1.65. The zero-order chi connectivity index (χ0) is 22.3. The number of aromatic nitrogens is 1. The first-order valence-electron chi connectivity index (χ1n) is 10.1. The smallest absolute Gasteiger partial charge is 0.257 e. The van der Waals surface area contributed by atoms with E-state index in [9.17, 15) is 13.2 Å². The van der Waals surface area contributed by atoms with Crippen LogP contribution < -0.4 is 4.90 Å². The molecule has 5 rings (SSSR count). The SMILES string of the molecule is CN(C(=O)c1ccc2c(c1)SC1=NS(=O)(=O)CCN12)C(c1ccccc1)c1ccccn1. The lowest BCUT2D eigenvalue weighted by Crippen LogP contribution is -2.35. The molecule has 1 unspecified atom stereocenters. The first kappa shape index (κ1) is 20.7. The molecule has 0 saturated heterocycles. The maximum atomic E-state index is 13.5. The Morgan fingerprint density at radius 1 is 1.09 bits per heavy atom. The second-order valence-electron chi connectivity index (χ2n) is 7.58. The largest absolute Gasteiger partial charge is 0.329 e. The van der Waals surface area contributed by atoms with Gasteiger partial charge in [-0.1, -0.05) is 36.4 Å². The minimum atomic E-state index is -3.42. The Labute approximate surface area is 190 Å². The van der Waals surface area contributed by atoms with E-state index in [4.69, 9.17) is 0 Å². The fourth-order valence-electron chi connectivity index (χ4n) is 3.95. The van der Waals surface area contributed by atoms with Gasteiger partial charge in [0.2, 0.25) is 0 Å². The molecular formula is C23H20N4O3S2. The van der Waals surface area contributed by atoms with Gasteiger partial charge in [0, 0.05) is 30.2 Å². The molecule has 7 nitrogen and oxygen atoms in total. The van der Waals surface area contributed by atoms with Gasteiger partial charge < -0.3 is 9.80 Å². The molecule has 2 aliphatic heterocycles. The van der Waals surface area contributed by atoms with E-state index >= 15 is 0 Å². The van der Waals surface area contributed by atoms with Crippen molar-refractivity contribution >= 4 is 38.5 Å². The van der Waals surface area contributed by atoms with Crippen molar-refractivity contribution in [2.75, 3.05) is 24.2 Å². The number of benzene rings is 2. The number of pyridine rings is 1. The van der Waals surface area contributed by atoms with E-state index in [2.05, 4.69) is 9.38 Å². The third kappa shape index (κ3) is 3.78. The summed E-state index contributed by atoms with van der Waals surface area (Å²) < 4.78 is 27.6. The molecule has 0 fully saturated rings. The van der Waals surface area contributed by atoms with Crippen LogP contribution in [0.25, 0.3) is 0 Å². The second kappa shape index (κ2) is 8.07. The number of carbonyl (C=O) groups is 1. The molecule has 1 amide bonds. The van der Waals surface area contributed by atoms with Crippen LogP contribution in [0.4, 0.5) is 5.69 Å². The minimum absolute atomic E-state index is 0.0112. The van der Waals surface area contributed by atoms with Crippen LogP contribution in [0.15, 0.2) is 82.2 Å². The summed E-state index contributed by atoms with van der Waals surface area (Å²) in [6, 6.07) is 20.6. The summed E-state index contributed by atoms with van der Waals surface area (Å²) in [6.07, 6.45) is 1.72. The molecular weight excluding hydrogens is 444 g/mol. The molecule has 0 radical (unpaired) electrons. The number of rotatable bonds is 4. The fourth-order valence-corrected chi connectivity index (χ4v) is 6.25. The summed E-state index contributed by atoms with van der Waals surface area (Å²) >= 11 is 1.28. The first-order valence-corrected chi connectivity index (χ1v) is 12.5. The van der Waals surface area contributed by atoms with Gasteiger partial charge in [0.25, 0.3) is 15.9 Å². The Morgan fingerprint density at radius 3 is 2.62 bits per heavy atom. The zero-order valence-electron chi connectivity index (χ0n) is 17.2. The molecule has 0 N–H and O–H groups in total. The van der Waals surface area contributed by atoms with Gasteiger partial charge in [-0.15, -0.1) is 4.40 Å². The molecule has 0 spiro atoms. The molecule has 0 saturated carbocycles. The molecule has 0 bridgehead atoms. The quantitative estimate of drug-likeness (QED) is 0.587. The number of hydrogen-bond acceptors (Lipinski definition) is 6. The number of thioether (sulfide) groups is 1. The molecule has 3 heterocycles. The van der Waals surface area contributed by atoms with E-state index in [1.807, 2.05) is 65.6 Å². The monoisotopic (exact) mass is 464 g/mol. The maximum Gasteiger partial charge on any atom is 0.257 e. The third-order valence-electron chi connectivity index (χ3n) is 5.51. The van der Waals surface area contributed by atoms with Gasteiger partial charge in [-0.05, 0) is 47.7 Å². The Morgan fingerprint density at radius 2 is 1.88 bits per heavy atom. The topological polar surface area (TPSA) is 82.9 Å². The fraction of sp³-hybridized carbons (Fsp3) is 0.174. The van der Waals surface area contributed by atoms with E-state index < -0.39 is 10.0 Å². The summed E-state index contributed by atoms with van der Waals surface area (Å²) in [6.45, 7) is 0.365. The standard InChI is InChI=1S/C23H20N4O3S2/c1-26(21(16-7-3-2-4-8-16)18-9-5-6-12-24-18)22(28)17-10-11-19-20(15-17)31-23-25-32(29,30)14-13-27(19)23/h2-12,15,21H,13-14H2,1H3. The third-order valence-corrected chi connectivity index (χ3v) is 7.82. The molecule has 2 aromatic carbocycles. The van der Waals surface area contributed by atoms with Gasteiger partial charge in [-0.25, -0.2) is 8.42 Å². The molecule has 2 aliphatic rings. The lowest BCUT2D eigenvalue weighted by Gasteiger charge is -2.28. The van der Waals surface area contributed by atoms with Gasteiger partial charge in [-0.3, -0.25) is 9.78 Å². The van der Waals surface area contributed by atoms with Gasteiger partial charge in [-0.2, -0.15) is 0 Å². The van der Waals surface area contributed by atoms with Crippen molar-refractivity contribution in [1.29, 1.82) is 0 Å². The summed E-state index contributed by atoms with van der Waals surface area (Å²) in [4.78, 5) is 22.4. The Bertz CT molecular complexity index is 1270. The second-order valence-corrected chi connectivity index (χ2v) is 10.3. The maximum absolute atomic E-state index is 13.5. The number of carbonyl (C=O) groups excluding carboxylic acids is 1. The van der Waals surface area contributed by atoms with E-state index in [0.29, 0.717) is 17.3 Å². The number of anilines is 1. The van der Waals surface area contributed by atoms with Gasteiger partial charge in [0.05, 0.1) is 23.2 Å². The van der Waals surface area contributed by atoms with Gasteiger partial charge >= 0.3 is 0 Å². The van der Waals surface area contributed by atoms with Crippen molar-refractivity contribution in [3.63, 3.8) is 0 Å². The molecule has 162 valence electrons. The highest BCUT2D eigenvalue weighted by Crippen LogP contribution is 2.42. The van der Waals surface area contributed by atoms with E-state index in [1.54, 1.807) is 24.2 Å². The Kier molecular flexibility index (Phi) is 5.22. The minimum Gasteiger partial charge on any atom is -0.329 e. The van der Waals surface area contributed by atoms with Gasteiger partial charge in [0.15, 0.2) is 5.17 Å². The Hall–Kier alpha value is -3.17. The van der Waals surface area contributed by atoms with Crippen molar-refractivity contribution in [2.45, 2.75) is 10.9 Å². The normalized spacial score (nSPS) is 17.2. The molecule has 32 heavy (non-hydrogen) atoms. The first-order chi connectivity index (χ1) is 15.4. The van der Waals surface area contributed by atoms with Crippen LogP contribution in [0, 0.1) is 0 Å². The van der Waals surface area contributed by atoms with Crippen LogP contribution in [0.2, 0.25) is 0 Å².